The average molecular weight is 842 g/mol. The number of ether oxygens (including phenoxy) is 2. The first-order chi connectivity index (χ1) is 28.0. The highest BCUT2D eigenvalue weighted by molar-refractivity contribution is 7.47. The Bertz CT molecular complexity index is 1210. The van der Waals surface area contributed by atoms with Crippen LogP contribution in [0.2, 0.25) is 0 Å². The summed E-state index contributed by atoms with van der Waals surface area (Å²) in [6.07, 6.45) is 32.5. The summed E-state index contributed by atoms with van der Waals surface area (Å²) in [5.74, 6) is -1.77. The lowest BCUT2D eigenvalue weighted by Gasteiger charge is -2.19. The molecule has 0 saturated heterocycles. The van der Waals surface area contributed by atoms with E-state index in [4.69, 9.17) is 24.3 Å². The van der Waals surface area contributed by atoms with Crippen LogP contribution in [-0.4, -0.2) is 77.5 Å². The van der Waals surface area contributed by atoms with Crippen LogP contribution in [-0.2, 0) is 37.5 Å². The van der Waals surface area contributed by atoms with Crippen molar-refractivity contribution in [2.45, 2.75) is 193 Å². The first-order valence-electron chi connectivity index (χ1n) is 22.6. The van der Waals surface area contributed by atoms with Crippen molar-refractivity contribution in [2.24, 2.45) is 17.6 Å². The first-order valence-corrected chi connectivity index (χ1v) is 24.1. The third-order valence-electron chi connectivity index (χ3n) is 10.4. The van der Waals surface area contributed by atoms with Crippen molar-refractivity contribution in [3.8, 4) is 0 Å². The summed E-state index contributed by atoms with van der Waals surface area (Å²) in [6.45, 7) is 3.31. The number of phosphoric acid groups is 1. The van der Waals surface area contributed by atoms with Crippen molar-refractivity contribution in [1.29, 1.82) is 0 Å². The quantitative estimate of drug-likeness (QED) is 0.0200. The third kappa shape index (κ3) is 29.1. The molecule has 13 heteroatoms. The summed E-state index contributed by atoms with van der Waals surface area (Å²) in [6, 6.07) is 0. The molecule has 12 nitrogen and oxygen atoms in total. The molecule has 1 unspecified atom stereocenters. The van der Waals surface area contributed by atoms with Crippen molar-refractivity contribution in [3.05, 3.63) is 36.5 Å². The maximum Gasteiger partial charge on any atom is 0.472 e. The number of esters is 2. The molecule has 0 radical (unpaired) electrons. The average Bonchev–Trinajstić information content (AvgIpc) is 3.47. The number of aliphatic hydroxyl groups is 2. The predicted molar refractivity (Wildman–Crippen MR) is 230 cm³/mol. The molecule has 1 aliphatic rings. The Hall–Kier alpha value is -2.18. The molecule has 0 heterocycles. The van der Waals surface area contributed by atoms with Crippen LogP contribution in [0.3, 0.4) is 0 Å². The Balaban J connectivity index is 2.38. The van der Waals surface area contributed by atoms with Crippen LogP contribution in [0.25, 0.3) is 0 Å². The second-order valence-corrected chi connectivity index (χ2v) is 17.2. The highest BCUT2D eigenvalue weighted by Crippen LogP contribution is 2.43. The molecule has 0 aliphatic heterocycles. The fourth-order valence-electron chi connectivity index (χ4n) is 6.90. The number of hydrogen-bond acceptors (Lipinski definition) is 11. The van der Waals surface area contributed by atoms with Gasteiger partial charge in [0.25, 0.3) is 0 Å². The van der Waals surface area contributed by atoms with Crippen molar-refractivity contribution >= 4 is 25.5 Å². The zero-order valence-corrected chi connectivity index (χ0v) is 36.9. The summed E-state index contributed by atoms with van der Waals surface area (Å²) in [4.78, 5) is 47.6. The van der Waals surface area contributed by atoms with Crippen LogP contribution < -0.4 is 5.73 Å². The molecule has 1 aliphatic carbocycles. The number of carbonyl (C=O) groups excluding carboxylic acids is 3. The molecule has 1 rings (SSSR count). The molecule has 0 bridgehead atoms. The van der Waals surface area contributed by atoms with E-state index in [1.165, 1.54) is 64.2 Å². The van der Waals surface area contributed by atoms with Gasteiger partial charge in [0, 0.05) is 37.6 Å². The fraction of sp³-hybridized carbons (Fsp3) is 0.800. The number of aliphatic hydroxyl groups excluding tert-OH is 2. The molecule has 58 heavy (non-hydrogen) atoms. The number of nitrogens with two attached hydrogens (primary N) is 1. The van der Waals surface area contributed by atoms with Crippen molar-refractivity contribution in [1.82, 2.24) is 0 Å². The Labute approximate surface area is 350 Å². The number of ketones is 1. The highest BCUT2D eigenvalue weighted by atomic mass is 31.2. The number of Topliss-reactive ketones (excluding diaryl/α,β-unsaturated/α-hetero) is 1. The van der Waals surface area contributed by atoms with Crippen LogP contribution in [0.15, 0.2) is 36.5 Å². The number of hydrogen-bond donors (Lipinski definition) is 4. The fourth-order valence-corrected chi connectivity index (χ4v) is 7.67. The Morgan fingerprint density at radius 1 is 0.776 bits per heavy atom. The van der Waals surface area contributed by atoms with E-state index in [2.05, 4.69) is 26.0 Å². The van der Waals surface area contributed by atoms with E-state index in [1.54, 1.807) is 12.2 Å². The SMILES string of the molecule is CCCCCCCC/C=C\CCCCCCCCCC(=O)O[C@H](COC(=O)CCC/C=C\C[C@H]1[C@@H](O)CC(=O)[C@@H]1/C=C/[C@@H](O)CCCCC)COP(=O)(O)OCCN. The van der Waals surface area contributed by atoms with Crippen LogP contribution in [0, 0.1) is 11.8 Å². The van der Waals surface area contributed by atoms with E-state index in [9.17, 15) is 34.1 Å². The van der Waals surface area contributed by atoms with E-state index in [1.807, 2.05) is 12.2 Å². The maximum atomic E-state index is 12.6. The highest BCUT2D eigenvalue weighted by Gasteiger charge is 2.39. The predicted octanol–water partition coefficient (Wildman–Crippen LogP) is 9.53. The molecule has 0 aromatic rings. The molecule has 0 amide bonds. The van der Waals surface area contributed by atoms with E-state index < -0.39 is 50.6 Å². The van der Waals surface area contributed by atoms with E-state index in [0.717, 1.165) is 44.9 Å². The third-order valence-corrected chi connectivity index (χ3v) is 11.4. The van der Waals surface area contributed by atoms with Crippen LogP contribution in [0.5, 0.6) is 0 Å². The van der Waals surface area contributed by atoms with Crippen molar-refractivity contribution < 1.29 is 52.6 Å². The van der Waals surface area contributed by atoms with Gasteiger partial charge in [-0.1, -0.05) is 134 Å². The van der Waals surface area contributed by atoms with Gasteiger partial charge in [0.2, 0.25) is 0 Å². The number of phosphoric ester groups is 1. The normalized spacial score (nSPS) is 19.3. The Morgan fingerprint density at radius 3 is 2.00 bits per heavy atom. The van der Waals surface area contributed by atoms with Crippen LogP contribution >= 0.6 is 7.82 Å². The summed E-state index contributed by atoms with van der Waals surface area (Å²) < 4.78 is 32.7. The van der Waals surface area contributed by atoms with Crippen molar-refractivity contribution in [3.63, 3.8) is 0 Å². The number of carbonyl (C=O) groups is 3. The minimum atomic E-state index is -4.44. The van der Waals surface area contributed by atoms with Crippen molar-refractivity contribution in [2.75, 3.05) is 26.4 Å². The monoisotopic (exact) mass is 842 g/mol. The van der Waals surface area contributed by atoms with Gasteiger partial charge in [-0.05, 0) is 57.8 Å². The summed E-state index contributed by atoms with van der Waals surface area (Å²) in [5.41, 5.74) is 5.34. The summed E-state index contributed by atoms with van der Waals surface area (Å²) >= 11 is 0. The van der Waals surface area contributed by atoms with Gasteiger partial charge < -0.3 is 30.3 Å². The van der Waals surface area contributed by atoms with Crippen LogP contribution in [0.4, 0.5) is 0 Å². The Morgan fingerprint density at radius 2 is 1.34 bits per heavy atom. The summed E-state index contributed by atoms with van der Waals surface area (Å²) in [5, 5.41) is 20.7. The van der Waals surface area contributed by atoms with E-state index in [-0.39, 0.29) is 50.7 Å². The van der Waals surface area contributed by atoms with Gasteiger partial charge in [-0.15, -0.1) is 0 Å². The van der Waals surface area contributed by atoms with Gasteiger partial charge in [0.15, 0.2) is 6.10 Å². The minimum Gasteiger partial charge on any atom is -0.462 e. The molecular weight excluding hydrogens is 761 g/mol. The molecule has 0 aromatic heterocycles. The van der Waals surface area contributed by atoms with E-state index in [0.29, 0.717) is 32.1 Å². The largest absolute Gasteiger partial charge is 0.472 e. The zero-order valence-electron chi connectivity index (χ0n) is 36.0. The van der Waals surface area contributed by atoms with Crippen LogP contribution in [0.1, 0.15) is 174 Å². The molecule has 336 valence electrons. The maximum absolute atomic E-state index is 12.6. The molecule has 6 atom stereocenters. The lowest BCUT2D eigenvalue weighted by molar-refractivity contribution is -0.161. The standard InChI is InChI=1S/C45H80NO11P/c1-3-5-7-8-9-10-11-12-13-14-15-16-17-18-19-20-26-30-45(51)57-39(37-56-58(52,53)55-34-33-46)36-54-44(50)29-25-22-21-24-28-40-41(43(49)35-42(40)48)32-31-38(47)27-23-6-4-2/h12-13,21,24,31-32,38-42,47-48H,3-11,14-20,22-23,25-30,33-37,46H2,1-2H3,(H,52,53)/b13-12-,24-21-,32-31+/t38-,39+,40+,41+,42-/m0/s1. The van der Waals surface area contributed by atoms with Gasteiger partial charge in [-0.2, -0.15) is 0 Å². The topological polar surface area (TPSA) is 192 Å². The Kier molecular flexibility index (Phi) is 33.0. The number of unbranched alkanes of at least 4 members (excludes halogenated alkanes) is 16. The minimum absolute atomic E-state index is 0.0140. The van der Waals surface area contributed by atoms with Gasteiger partial charge >= 0.3 is 19.8 Å². The number of allylic oxidation sites excluding steroid dienone is 5. The summed E-state index contributed by atoms with van der Waals surface area (Å²) in [7, 11) is -4.44. The molecule has 1 fully saturated rings. The lowest BCUT2D eigenvalue weighted by atomic mass is 9.90. The molecule has 0 spiro atoms. The molecule has 0 aromatic carbocycles. The first kappa shape index (κ1) is 53.8. The lowest BCUT2D eigenvalue weighted by Crippen LogP contribution is -2.29. The second kappa shape index (κ2) is 35.6. The zero-order chi connectivity index (χ0) is 42.7. The van der Waals surface area contributed by atoms with Gasteiger partial charge in [-0.3, -0.25) is 23.4 Å². The van der Waals surface area contributed by atoms with Gasteiger partial charge in [0.1, 0.15) is 12.4 Å². The van der Waals surface area contributed by atoms with Gasteiger partial charge in [0.05, 0.1) is 25.4 Å². The second-order valence-electron chi connectivity index (χ2n) is 15.7. The molecular formula is C45H80NO11P. The van der Waals surface area contributed by atoms with E-state index >= 15 is 0 Å². The molecule has 5 N–H and O–H groups in total. The number of rotatable bonds is 38. The molecule has 1 saturated carbocycles. The smallest absolute Gasteiger partial charge is 0.462 e. The van der Waals surface area contributed by atoms with Gasteiger partial charge in [-0.25, -0.2) is 4.57 Å².